The van der Waals surface area contributed by atoms with E-state index in [1.165, 1.54) is 60.3 Å². The Bertz CT molecular complexity index is 3230. The Morgan fingerprint density at radius 2 is 0.960 bits per heavy atom. The Kier molecular flexibility index (Phi) is 17.4. The van der Waals surface area contributed by atoms with Crippen LogP contribution in [0.25, 0.3) is 17.2 Å². The zero-order valence-electron chi connectivity index (χ0n) is 44.4. The van der Waals surface area contributed by atoms with Crippen molar-refractivity contribution < 1.29 is 44.8 Å². The standard InChI is InChI=1S/C37H36P2.C16H17Si.C16H13Si.2Au/c1-36(2)27-37(3,4)33-26-35(39(30-21-13-7-14-22-30)31-23-15-8-16-24-31)34(25-32(33)36)38(28-17-9-5-10-18-28)29-19-11-6-12-20-29;2*1-4-12-8-7-11-15-16(12)13-9-5-6-10-14(13)17(15,2)3;;/h5-26H,27H2,1-4H3;1,4-11,13-14H,2-3H3;5-11H,2-3H3;;/q;2*-1;2*+1/p+2. The largest absolute Gasteiger partial charge is 1.00 e. The van der Waals surface area contributed by atoms with E-state index in [0.717, 1.165) is 5.56 Å². The fourth-order valence-corrected chi connectivity index (χ4v) is 25.9. The SMILES string of the molecule is CC1(C)CC(C)(C)c2cc([PH+](c3ccccc3)c3ccccc3)c([PH+](c3ccccc3)c3ccccc3)cc21.[Au+].[Au+].[C-]#Cc1cccc2c1-c1ccccc1[Si]2(C)C.[CH-]=Cc1cccc2c1C1C=CC=CC1[Si]2(C)C. The van der Waals surface area contributed by atoms with Crippen LogP contribution in [0.5, 0.6) is 0 Å². The summed E-state index contributed by atoms with van der Waals surface area (Å²) >= 11 is 0. The summed E-state index contributed by atoms with van der Waals surface area (Å²) < 4.78 is 0. The number of rotatable bonds is 7. The van der Waals surface area contributed by atoms with E-state index in [2.05, 4.69) is 272 Å². The molecule has 6 heteroatoms. The van der Waals surface area contributed by atoms with Crippen molar-refractivity contribution in [1.82, 2.24) is 0 Å². The Labute approximate surface area is 484 Å². The van der Waals surface area contributed by atoms with Crippen LogP contribution in [0.15, 0.2) is 218 Å². The van der Waals surface area contributed by atoms with Crippen molar-refractivity contribution in [3.8, 4) is 17.0 Å². The molecule has 0 N–H and O–H groups in total. The number of allylic oxidation sites excluding steroid dienone is 4. The molecule has 8 aromatic rings. The van der Waals surface area contributed by atoms with Crippen LogP contribution in [-0.2, 0) is 55.6 Å². The monoisotopic (exact) mass is 1410 g/mol. The molecule has 0 bridgehead atoms. The molecular formula is C69H68Au2P2Si2+2. The van der Waals surface area contributed by atoms with Gasteiger partial charge in [0, 0.05) is 0 Å². The molecule has 2 aliphatic carbocycles. The molecule has 0 saturated heterocycles. The van der Waals surface area contributed by atoms with Crippen LogP contribution in [0.4, 0.5) is 0 Å². The summed E-state index contributed by atoms with van der Waals surface area (Å²) in [6.07, 6.45) is 19.5. The molecule has 382 valence electrons. The molecule has 0 fully saturated rings. The first-order valence-corrected chi connectivity index (χ1v) is 35.1. The summed E-state index contributed by atoms with van der Waals surface area (Å²) in [7, 11) is -5.43. The van der Waals surface area contributed by atoms with Crippen molar-refractivity contribution in [3.05, 3.63) is 259 Å². The minimum absolute atomic E-state index is 0. The zero-order chi connectivity index (χ0) is 51.1. The Morgan fingerprint density at radius 1 is 0.533 bits per heavy atom. The summed E-state index contributed by atoms with van der Waals surface area (Å²) in [5, 5.41) is 13.4. The smallest absolute Gasteiger partial charge is 0.366 e. The second-order valence-corrected chi connectivity index (χ2v) is 36.5. The van der Waals surface area contributed by atoms with Crippen molar-refractivity contribution in [1.29, 1.82) is 0 Å². The average Bonchev–Trinajstić information content (AvgIpc) is 3.88. The molecule has 8 aromatic carbocycles. The van der Waals surface area contributed by atoms with Gasteiger partial charge in [-0.25, -0.2) is 6.08 Å². The maximum Gasteiger partial charge on any atom is 1.00 e. The summed E-state index contributed by atoms with van der Waals surface area (Å²) in [5.74, 6) is 3.13. The van der Waals surface area contributed by atoms with Crippen LogP contribution in [0.2, 0.25) is 31.7 Å². The number of hydrogen-bond donors (Lipinski definition) is 0. The summed E-state index contributed by atoms with van der Waals surface area (Å²) in [5.41, 5.74) is 10.3. The van der Waals surface area contributed by atoms with Crippen LogP contribution in [0.1, 0.15) is 67.9 Å². The van der Waals surface area contributed by atoms with Gasteiger partial charge in [-0.15, -0.1) is 23.3 Å². The van der Waals surface area contributed by atoms with Gasteiger partial charge in [-0.3, -0.25) is 12.5 Å². The Balaban J connectivity index is 0.000000171. The van der Waals surface area contributed by atoms with Crippen molar-refractivity contribution in [2.24, 2.45) is 0 Å². The number of hydrogen-bond acceptors (Lipinski definition) is 0. The van der Waals surface area contributed by atoms with Gasteiger partial charge in [-0.2, -0.15) is 5.56 Å². The van der Waals surface area contributed by atoms with Crippen LogP contribution in [-0.4, -0.2) is 16.1 Å². The van der Waals surface area contributed by atoms with Crippen molar-refractivity contribution in [2.75, 3.05) is 0 Å². The predicted octanol–water partition coefficient (Wildman–Crippen LogP) is 12.7. The van der Waals surface area contributed by atoms with Crippen LogP contribution < -0.4 is 47.4 Å². The molecule has 0 spiro atoms. The van der Waals surface area contributed by atoms with Crippen molar-refractivity contribution in [3.63, 3.8) is 0 Å². The van der Waals surface area contributed by atoms with Crippen molar-refractivity contribution in [2.45, 2.75) is 82.6 Å². The third kappa shape index (κ3) is 10.7. The normalized spacial score (nSPS) is 17.7. The van der Waals surface area contributed by atoms with Crippen LogP contribution >= 0.6 is 15.8 Å². The molecule has 0 saturated carbocycles. The molecule has 75 heavy (non-hydrogen) atoms. The molecule has 0 amide bonds. The van der Waals surface area contributed by atoms with E-state index in [0.29, 0.717) is 11.5 Å². The zero-order valence-corrected chi connectivity index (χ0v) is 52.7. The maximum absolute atomic E-state index is 7.45. The first-order chi connectivity index (χ1) is 35.2. The Hall–Kier alpha value is -4.69. The molecular weight excluding hydrogens is 1340 g/mol. The van der Waals surface area contributed by atoms with Gasteiger partial charge in [0.15, 0.2) is 0 Å². The minimum atomic E-state index is -1.55. The maximum atomic E-state index is 7.45. The summed E-state index contributed by atoms with van der Waals surface area (Å²) in [6, 6.07) is 71.9. The molecule has 0 nitrogen and oxygen atoms in total. The quantitative estimate of drug-likeness (QED) is 0.0646. The number of benzene rings is 8. The van der Waals surface area contributed by atoms with Gasteiger partial charge in [0.1, 0.15) is 55.7 Å². The Morgan fingerprint density at radius 3 is 1.44 bits per heavy atom. The summed E-state index contributed by atoms with van der Waals surface area (Å²) in [4.78, 5) is 0. The van der Waals surface area contributed by atoms with Crippen LogP contribution in [0.3, 0.4) is 0 Å². The average molecular weight is 1410 g/mol. The second kappa shape index (κ2) is 23.1. The first-order valence-electron chi connectivity index (χ1n) is 26.0. The molecule has 2 unspecified atom stereocenters. The minimum Gasteiger partial charge on any atom is -0.366 e. The molecule has 12 rings (SSSR count). The molecule has 2 atom stereocenters. The van der Waals surface area contributed by atoms with Gasteiger partial charge >= 0.3 is 44.8 Å². The fourth-order valence-electron chi connectivity index (χ4n) is 13.1. The van der Waals surface area contributed by atoms with Crippen molar-refractivity contribution >= 4 is 85.5 Å². The van der Waals surface area contributed by atoms with Crippen LogP contribution in [0, 0.1) is 18.9 Å². The molecule has 0 radical (unpaired) electrons. The predicted molar refractivity (Wildman–Crippen MR) is 329 cm³/mol. The van der Waals surface area contributed by atoms with Gasteiger partial charge < -0.3 is 6.42 Å². The number of fused-ring (bicyclic) bond motifs is 7. The van der Waals surface area contributed by atoms with Gasteiger partial charge in [0.05, 0.1) is 8.07 Å². The van der Waals surface area contributed by atoms with E-state index < -0.39 is 32.0 Å². The van der Waals surface area contributed by atoms with Gasteiger partial charge in [-0.05, 0) is 111 Å². The second-order valence-electron chi connectivity index (χ2n) is 22.6. The topological polar surface area (TPSA) is 0 Å². The molecule has 2 heterocycles. The van der Waals surface area contributed by atoms with E-state index in [9.17, 15) is 0 Å². The van der Waals surface area contributed by atoms with E-state index in [4.69, 9.17) is 13.0 Å². The first kappa shape index (κ1) is 56.5. The molecule has 2 aliphatic heterocycles. The molecule has 4 aliphatic rings. The summed E-state index contributed by atoms with van der Waals surface area (Å²) in [6.45, 7) is 25.3. The fraction of sp³-hybridized carbons (Fsp3) is 0.188. The van der Waals surface area contributed by atoms with E-state index in [-0.39, 0.29) is 55.6 Å². The third-order valence-electron chi connectivity index (χ3n) is 16.3. The van der Waals surface area contributed by atoms with Gasteiger partial charge in [0.2, 0.25) is 0 Å². The van der Waals surface area contributed by atoms with Gasteiger partial charge in [0.25, 0.3) is 0 Å². The van der Waals surface area contributed by atoms with Gasteiger partial charge in [-0.1, -0.05) is 215 Å². The van der Waals surface area contributed by atoms with E-state index in [1.807, 2.05) is 6.07 Å². The third-order valence-corrected chi connectivity index (χ3v) is 29.7. The molecule has 0 aromatic heterocycles. The van der Waals surface area contributed by atoms with E-state index >= 15 is 0 Å². The van der Waals surface area contributed by atoms with E-state index in [1.54, 1.807) is 33.0 Å².